The first-order chi connectivity index (χ1) is 13.8. The lowest BCUT2D eigenvalue weighted by Gasteiger charge is -2.32. The van der Waals surface area contributed by atoms with Gasteiger partial charge in [-0.05, 0) is 45.2 Å². The van der Waals surface area contributed by atoms with Crippen molar-refractivity contribution >= 4 is 15.9 Å². The smallest absolute Gasteiger partial charge is 0.227 e. The molecule has 1 aromatic carbocycles. The third-order valence-corrected chi connectivity index (χ3v) is 7.07. The Hall–Kier alpha value is -2.19. The maximum absolute atomic E-state index is 12.9. The highest BCUT2D eigenvalue weighted by Crippen LogP contribution is 2.20. The quantitative estimate of drug-likeness (QED) is 0.748. The number of rotatable bonds is 7. The summed E-state index contributed by atoms with van der Waals surface area (Å²) in [5, 5.41) is 4.62. The van der Waals surface area contributed by atoms with Crippen LogP contribution in [0.3, 0.4) is 0 Å². The number of carbonyl (C=O) groups is 1. The van der Waals surface area contributed by atoms with Crippen LogP contribution in [-0.2, 0) is 21.2 Å². The molecule has 0 spiro atoms. The molecule has 0 bridgehead atoms. The Bertz CT molecular complexity index is 946. The van der Waals surface area contributed by atoms with Gasteiger partial charge in [0.05, 0.1) is 23.6 Å². The molecule has 2 heterocycles. The van der Waals surface area contributed by atoms with E-state index in [1.165, 1.54) is 0 Å². The van der Waals surface area contributed by atoms with Crippen molar-refractivity contribution in [1.82, 2.24) is 19.4 Å². The minimum absolute atomic E-state index is 0.0682. The number of carbonyl (C=O) groups excluding carboxylic acids is 1. The van der Waals surface area contributed by atoms with E-state index < -0.39 is 10.0 Å². The van der Waals surface area contributed by atoms with Crippen LogP contribution in [0.1, 0.15) is 43.1 Å². The minimum atomic E-state index is -3.22. The van der Waals surface area contributed by atoms with E-state index in [1.54, 1.807) is 0 Å². The Balaban J connectivity index is 1.61. The lowest BCUT2D eigenvalue weighted by Crippen LogP contribution is -2.47. The number of sulfonamides is 1. The summed E-state index contributed by atoms with van der Waals surface area (Å²) in [6, 6.07) is 9.81. The Morgan fingerprint density at radius 2 is 1.83 bits per heavy atom. The van der Waals surface area contributed by atoms with E-state index >= 15 is 0 Å². The van der Waals surface area contributed by atoms with E-state index in [1.807, 2.05) is 60.7 Å². The fourth-order valence-corrected chi connectivity index (χ4v) is 5.24. The average Bonchev–Trinajstić information content (AvgIpc) is 2.97. The van der Waals surface area contributed by atoms with Crippen molar-refractivity contribution in [1.29, 1.82) is 0 Å². The summed E-state index contributed by atoms with van der Waals surface area (Å²) in [6.07, 6.45) is 2.21. The van der Waals surface area contributed by atoms with Crippen molar-refractivity contribution in [3.63, 3.8) is 0 Å². The third kappa shape index (κ3) is 5.25. The molecule has 1 N–H and O–H groups in total. The molecule has 7 nitrogen and oxygen atoms in total. The van der Waals surface area contributed by atoms with Crippen LogP contribution in [0.15, 0.2) is 30.3 Å². The molecular weight excluding hydrogens is 388 g/mol. The minimum Gasteiger partial charge on any atom is -0.342 e. The number of aromatic nitrogens is 2. The molecule has 0 radical (unpaired) electrons. The molecule has 158 valence electrons. The van der Waals surface area contributed by atoms with Gasteiger partial charge in [-0.15, -0.1) is 0 Å². The number of piperidine rings is 1. The molecule has 0 unspecified atom stereocenters. The van der Waals surface area contributed by atoms with Crippen molar-refractivity contribution in [2.24, 2.45) is 0 Å². The second kappa shape index (κ2) is 9.09. The number of nitrogens with one attached hydrogen (secondary N) is 1. The van der Waals surface area contributed by atoms with E-state index in [0.29, 0.717) is 38.8 Å². The number of nitrogens with zero attached hydrogens (tertiary/aromatic N) is 3. The Labute approximate surface area is 173 Å². The van der Waals surface area contributed by atoms with Crippen LogP contribution in [0, 0.1) is 13.8 Å². The van der Waals surface area contributed by atoms with Crippen LogP contribution in [0.4, 0.5) is 0 Å². The fourth-order valence-electron chi connectivity index (χ4n) is 3.84. The first kappa shape index (κ1) is 21.5. The molecule has 0 aliphatic carbocycles. The number of hydrogen-bond acceptors (Lipinski definition) is 4. The molecule has 8 heteroatoms. The third-order valence-electron chi connectivity index (χ3n) is 5.44. The Morgan fingerprint density at radius 1 is 1.17 bits per heavy atom. The van der Waals surface area contributed by atoms with E-state index in [9.17, 15) is 13.2 Å². The van der Waals surface area contributed by atoms with Gasteiger partial charge in [0.2, 0.25) is 15.9 Å². The molecule has 0 atom stereocenters. The van der Waals surface area contributed by atoms with Gasteiger partial charge in [0.25, 0.3) is 0 Å². The van der Waals surface area contributed by atoms with Gasteiger partial charge in [-0.3, -0.25) is 4.79 Å². The molecule has 1 aliphatic rings. The second-order valence-corrected chi connectivity index (χ2v) is 9.54. The molecule has 2 aromatic rings. The molecule has 29 heavy (non-hydrogen) atoms. The standard InChI is InChI=1S/C21H30N4O3S/c1-4-14-29(27,28)23-18-10-12-24(13-11-18)21(26)15-20-16(2)22-25(17(20)3)19-8-6-5-7-9-19/h5-9,18,23H,4,10-15H2,1-3H3. The summed E-state index contributed by atoms with van der Waals surface area (Å²) >= 11 is 0. The van der Waals surface area contributed by atoms with Crippen molar-refractivity contribution in [2.45, 2.75) is 52.5 Å². The first-order valence-electron chi connectivity index (χ1n) is 10.2. The Kier molecular flexibility index (Phi) is 6.74. The highest BCUT2D eigenvalue weighted by molar-refractivity contribution is 7.89. The monoisotopic (exact) mass is 418 g/mol. The topological polar surface area (TPSA) is 84.3 Å². The number of benzene rings is 1. The highest BCUT2D eigenvalue weighted by Gasteiger charge is 2.26. The number of likely N-dealkylation sites (tertiary alicyclic amines) is 1. The number of hydrogen-bond donors (Lipinski definition) is 1. The summed E-state index contributed by atoms with van der Waals surface area (Å²) in [7, 11) is -3.22. The SMILES string of the molecule is CCCS(=O)(=O)NC1CCN(C(=O)Cc2c(C)nn(-c3ccccc3)c2C)CC1. The van der Waals surface area contributed by atoms with Gasteiger partial charge in [-0.2, -0.15) is 5.10 Å². The second-order valence-electron chi connectivity index (χ2n) is 7.67. The zero-order chi connectivity index (χ0) is 21.0. The number of aryl methyl sites for hydroxylation is 1. The molecule has 1 saturated heterocycles. The lowest BCUT2D eigenvalue weighted by atomic mass is 10.0. The van der Waals surface area contributed by atoms with E-state index in [-0.39, 0.29) is 17.7 Å². The molecule has 1 aliphatic heterocycles. The van der Waals surface area contributed by atoms with Crippen LogP contribution < -0.4 is 4.72 Å². The van der Waals surface area contributed by atoms with Crippen LogP contribution in [0.5, 0.6) is 0 Å². The first-order valence-corrected chi connectivity index (χ1v) is 11.8. The fraction of sp³-hybridized carbons (Fsp3) is 0.524. The summed E-state index contributed by atoms with van der Waals surface area (Å²) in [5.74, 6) is 0.217. The normalized spacial score (nSPS) is 15.6. The number of para-hydroxylation sites is 1. The average molecular weight is 419 g/mol. The lowest BCUT2D eigenvalue weighted by molar-refractivity contribution is -0.131. The van der Waals surface area contributed by atoms with E-state index in [2.05, 4.69) is 9.82 Å². The molecule has 1 amide bonds. The largest absolute Gasteiger partial charge is 0.342 e. The molecule has 1 aromatic heterocycles. The maximum Gasteiger partial charge on any atom is 0.227 e. The maximum atomic E-state index is 12.9. The van der Waals surface area contributed by atoms with Gasteiger partial charge in [-0.1, -0.05) is 25.1 Å². The van der Waals surface area contributed by atoms with Gasteiger partial charge < -0.3 is 4.90 Å². The molecular formula is C21H30N4O3S. The van der Waals surface area contributed by atoms with Gasteiger partial charge in [0.1, 0.15) is 0 Å². The van der Waals surface area contributed by atoms with Crippen LogP contribution in [-0.4, -0.2) is 53.9 Å². The zero-order valence-corrected chi connectivity index (χ0v) is 18.2. The van der Waals surface area contributed by atoms with E-state index in [0.717, 1.165) is 22.6 Å². The van der Waals surface area contributed by atoms with Crippen molar-refractivity contribution in [3.8, 4) is 5.69 Å². The summed E-state index contributed by atoms with van der Waals surface area (Å²) in [6.45, 7) is 6.92. The number of amides is 1. The van der Waals surface area contributed by atoms with E-state index in [4.69, 9.17) is 0 Å². The van der Waals surface area contributed by atoms with Crippen LogP contribution >= 0.6 is 0 Å². The predicted molar refractivity (Wildman–Crippen MR) is 114 cm³/mol. The molecule has 1 fully saturated rings. The molecule has 3 rings (SSSR count). The summed E-state index contributed by atoms with van der Waals surface area (Å²) in [5.41, 5.74) is 3.78. The van der Waals surface area contributed by atoms with Gasteiger partial charge in [0, 0.05) is 30.4 Å². The van der Waals surface area contributed by atoms with Gasteiger partial charge in [0.15, 0.2) is 0 Å². The summed E-state index contributed by atoms with van der Waals surface area (Å²) in [4.78, 5) is 14.7. The summed E-state index contributed by atoms with van der Waals surface area (Å²) < 4.78 is 28.5. The molecule has 0 saturated carbocycles. The Morgan fingerprint density at radius 3 is 2.45 bits per heavy atom. The van der Waals surface area contributed by atoms with Crippen molar-refractivity contribution in [3.05, 3.63) is 47.3 Å². The van der Waals surface area contributed by atoms with Gasteiger partial charge in [-0.25, -0.2) is 17.8 Å². The van der Waals surface area contributed by atoms with Crippen molar-refractivity contribution in [2.75, 3.05) is 18.8 Å². The van der Waals surface area contributed by atoms with Crippen LogP contribution in [0.25, 0.3) is 5.69 Å². The highest BCUT2D eigenvalue weighted by atomic mass is 32.2. The van der Waals surface area contributed by atoms with Crippen LogP contribution in [0.2, 0.25) is 0 Å². The van der Waals surface area contributed by atoms with Gasteiger partial charge >= 0.3 is 0 Å². The van der Waals surface area contributed by atoms with Crippen molar-refractivity contribution < 1.29 is 13.2 Å². The zero-order valence-electron chi connectivity index (χ0n) is 17.4. The predicted octanol–water partition coefficient (Wildman–Crippen LogP) is 2.35.